The van der Waals surface area contributed by atoms with Crippen LogP contribution in [0.25, 0.3) is 0 Å². The number of rotatable bonds is 7. The van der Waals surface area contributed by atoms with E-state index in [4.69, 9.17) is 10.5 Å². The Hall–Kier alpha value is -1.02. The lowest BCUT2D eigenvalue weighted by Crippen LogP contribution is -2.29. The minimum absolute atomic E-state index is 0.0280. The summed E-state index contributed by atoms with van der Waals surface area (Å²) in [5.74, 6) is 0.945. The van der Waals surface area contributed by atoms with Crippen molar-refractivity contribution in [2.24, 2.45) is 5.73 Å². The third-order valence-electron chi connectivity index (χ3n) is 3.41. The van der Waals surface area contributed by atoms with E-state index in [0.717, 1.165) is 18.6 Å². The number of ether oxygens (including phenoxy) is 1. The molecule has 0 heterocycles. The molecule has 0 saturated heterocycles. The van der Waals surface area contributed by atoms with Gasteiger partial charge in [0.05, 0.1) is 5.54 Å². The predicted molar refractivity (Wildman–Crippen MR) is 71.3 cm³/mol. The summed E-state index contributed by atoms with van der Waals surface area (Å²) in [4.78, 5) is 0. The van der Waals surface area contributed by atoms with Gasteiger partial charge in [-0.3, -0.25) is 0 Å². The van der Waals surface area contributed by atoms with E-state index in [1.807, 2.05) is 0 Å². The van der Waals surface area contributed by atoms with E-state index < -0.39 is 0 Å². The van der Waals surface area contributed by atoms with E-state index in [1.165, 1.54) is 31.2 Å². The van der Waals surface area contributed by atoms with Gasteiger partial charge in [-0.1, -0.05) is 31.9 Å². The zero-order valence-corrected chi connectivity index (χ0v) is 10.7. The van der Waals surface area contributed by atoms with Crippen LogP contribution in [-0.2, 0) is 6.42 Å². The Morgan fingerprint density at radius 1 is 1.18 bits per heavy atom. The topological polar surface area (TPSA) is 35.2 Å². The Morgan fingerprint density at radius 2 is 1.88 bits per heavy atom. The normalized spacial score (nSPS) is 16.8. The van der Waals surface area contributed by atoms with Gasteiger partial charge in [0.1, 0.15) is 12.4 Å². The molecule has 0 bridgehead atoms. The first kappa shape index (κ1) is 12.4. The molecule has 94 valence electrons. The van der Waals surface area contributed by atoms with E-state index in [2.05, 4.69) is 31.2 Å². The molecule has 2 nitrogen and oxygen atoms in total. The van der Waals surface area contributed by atoms with Crippen molar-refractivity contribution in [3.8, 4) is 5.75 Å². The fraction of sp³-hybridized carbons (Fsp3) is 0.600. The third-order valence-corrected chi connectivity index (χ3v) is 3.41. The van der Waals surface area contributed by atoms with Gasteiger partial charge in [0, 0.05) is 0 Å². The van der Waals surface area contributed by atoms with Gasteiger partial charge in [-0.05, 0) is 43.4 Å². The van der Waals surface area contributed by atoms with Gasteiger partial charge in [0.2, 0.25) is 0 Å². The first-order chi connectivity index (χ1) is 8.22. The van der Waals surface area contributed by atoms with Crippen molar-refractivity contribution in [3.05, 3.63) is 29.8 Å². The molecule has 17 heavy (non-hydrogen) atoms. The monoisotopic (exact) mass is 233 g/mol. The fourth-order valence-corrected chi connectivity index (χ4v) is 1.86. The lowest BCUT2D eigenvalue weighted by Gasteiger charge is -2.11. The van der Waals surface area contributed by atoms with Crippen LogP contribution in [0.15, 0.2) is 24.3 Å². The molecule has 1 aromatic rings. The molecular formula is C15H23NO. The second-order valence-electron chi connectivity index (χ2n) is 5.25. The number of unbranched alkanes of at least 4 members (excludes halogenated alkanes) is 2. The van der Waals surface area contributed by atoms with Crippen molar-refractivity contribution in [1.82, 2.24) is 0 Å². The van der Waals surface area contributed by atoms with E-state index in [0.29, 0.717) is 6.61 Å². The van der Waals surface area contributed by atoms with Crippen LogP contribution in [0.2, 0.25) is 0 Å². The first-order valence-electron chi connectivity index (χ1n) is 6.72. The molecule has 2 heteroatoms. The highest BCUT2D eigenvalue weighted by Crippen LogP contribution is 2.32. The van der Waals surface area contributed by atoms with Crippen LogP contribution in [0, 0.1) is 0 Å². The fourth-order valence-electron chi connectivity index (χ4n) is 1.86. The Kier molecular flexibility index (Phi) is 4.06. The molecule has 0 amide bonds. The SMILES string of the molecule is CCCCCc1ccc(OCC2(N)CC2)cc1. The van der Waals surface area contributed by atoms with Crippen molar-refractivity contribution in [3.63, 3.8) is 0 Å². The van der Waals surface area contributed by atoms with Gasteiger partial charge in [-0.2, -0.15) is 0 Å². The molecule has 0 aromatic heterocycles. The van der Waals surface area contributed by atoms with Crippen LogP contribution in [-0.4, -0.2) is 12.1 Å². The molecule has 2 N–H and O–H groups in total. The van der Waals surface area contributed by atoms with E-state index in [9.17, 15) is 0 Å². The maximum atomic E-state index is 5.98. The summed E-state index contributed by atoms with van der Waals surface area (Å²) in [5.41, 5.74) is 7.35. The molecule has 1 saturated carbocycles. The van der Waals surface area contributed by atoms with Crippen molar-refractivity contribution < 1.29 is 4.74 Å². The molecule has 1 aliphatic carbocycles. The summed E-state index contributed by atoms with van der Waals surface area (Å²) in [6.07, 6.45) is 7.25. The molecule has 0 atom stereocenters. The Labute approximate surface area is 104 Å². The highest BCUT2D eigenvalue weighted by atomic mass is 16.5. The largest absolute Gasteiger partial charge is 0.492 e. The second-order valence-corrected chi connectivity index (χ2v) is 5.25. The zero-order valence-electron chi connectivity index (χ0n) is 10.7. The number of hydrogen-bond acceptors (Lipinski definition) is 2. The standard InChI is InChI=1S/C15H23NO/c1-2-3-4-5-13-6-8-14(9-7-13)17-12-15(16)10-11-15/h6-9H,2-5,10-12,16H2,1H3. The van der Waals surface area contributed by atoms with Crippen LogP contribution in [0.5, 0.6) is 5.75 Å². The molecule has 0 unspecified atom stereocenters. The quantitative estimate of drug-likeness (QED) is 0.733. The Balaban J connectivity index is 1.76. The Bertz CT molecular complexity index is 340. The number of hydrogen-bond donors (Lipinski definition) is 1. The summed E-state index contributed by atoms with van der Waals surface area (Å²) in [5, 5.41) is 0. The average Bonchev–Trinajstić information content (AvgIpc) is 3.07. The van der Waals surface area contributed by atoms with Gasteiger partial charge in [0.15, 0.2) is 0 Å². The van der Waals surface area contributed by atoms with Gasteiger partial charge >= 0.3 is 0 Å². The molecule has 2 rings (SSSR count). The Morgan fingerprint density at radius 3 is 2.47 bits per heavy atom. The van der Waals surface area contributed by atoms with Crippen LogP contribution in [0.1, 0.15) is 44.6 Å². The molecule has 0 spiro atoms. The second kappa shape index (κ2) is 5.54. The minimum Gasteiger partial charge on any atom is -0.492 e. The smallest absolute Gasteiger partial charge is 0.119 e. The van der Waals surface area contributed by atoms with Crippen molar-refractivity contribution in [2.45, 2.75) is 51.0 Å². The number of aryl methyl sites for hydroxylation is 1. The molecule has 1 aliphatic rings. The van der Waals surface area contributed by atoms with Crippen LogP contribution in [0.4, 0.5) is 0 Å². The predicted octanol–water partition coefficient (Wildman–Crippen LogP) is 3.29. The molecule has 0 aliphatic heterocycles. The van der Waals surface area contributed by atoms with E-state index in [1.54, 1.807) is 0 Å². The average molecular weight is 233 g/mol. The molecule has 0 radical (unpaired) electrons. The highest BCUT2D eigenvalue weighted by molar-refractivity contribution is 5.27. The van der Waals surface area contributed by atoms with Gasteiger partial charge in [-0.25, -0.2) is 0 Å². The molecular weight excluding hydrogens is 210 g/mol. The van der Waals surface area contributed by atoms with E-state index >= 15 is 0 Å². The maximum Gasteiger partial charge on any atom is 0.119 e. The van der Waals surface area contributed by atoms with Crippen molar-refractivity contribution in [2.75, 3.05) is 6.61 Å². The summed E-state index contributed by atoms with van der Waals surface area (Å²) in [6.45, 7) is 2.89. The zero-order chi connectivity index (χ0) is 12.1. The van der Waals surface area contributed by atoms with Crippen molar-refractivity contribution >= 4 is 0 Å². The third kappa shape index (κ3) is 4.04. The lowest BCUT2D eigenvalue weighted by molar-refractivity contribution is 0.279. The minimum atomic E-state index is -0.0280. The summed E-state index contributed by atoms with van der Waals surface area (Å²) in [6, 6.07) is 8.46. The molecule has 1 aromatic carbocycles. The maximum absolute atomic E-state index is 5.98. The van der Waals surface area contributed by atoms with E-state index in [-0.39, 0.29) is 5.54 Å². The van der Waals surface area contributed by atoms with Gasteiger partial charge < -0.3 is 10.5 Å². The number of nitrogens with two attached hydrogens (primary N) is 1. The highest BCUT2D eigenvalue weighted by Gasteiger charge is 2.39. The first-order valence-corrected chi connectivity index (χ1v) is 6.72. The van der Waals surface area contributed by atoms with Crippen LogP contribution < -0.4 is 10.5 Å². The summed E-state index contributed by atoms with van der Waals surface area (Å²) < 4.78 is 5.69. The lowest BCUT2D eigenvalue weighted by atomic mass is 10.1. The molecule has 1 fully saturated rings. The number of benzene rings is 1. The van der Waals surface area contributed by atoms with Gasteiger partial charge in [0.25, 0.3) is 0 Å². The van der Waals surface area contributed by atoms with Crippen molar-refractivity contribution in [1.29, 1.82) is 0 Å². The summed E-state index contributed by atoms with van der Waals surface area (Å²) >= 11 is 0. The van der Waals surface area contributed by atoms with Crippen LogP contribution in [0.3, 0.4) is 0 Å². The van der Waals surface area contributed by atoms with Crippen LogP contribution >= 0.6 is 0 Å². The van der Waals surface area contributed by atoms with Gasteiger partial charge in [-0.15, -0.1) is 0 Å². The summed E-state index contributed by atoms with van der Waals surface area (Å²) in [7, 11) is 0.